The van der Waals surface area contributed by atoms with Crippen molar-refractivity contribution in [1.29, 1.82) is 0 Å². The van der Waals surface area contributed by atoms with E-state index in [0.29, 0.717) is 18.7 Å². The molecular weight excluding hydrogens is 295 g/mol. The Balaban J connectivity index is 1.65. The Morgan fingerprint density at radius 3 is 2.65 bits per heavy atom. The summed E-state index contributed by atoms with van der Waals surface area (Å²) in [5.74, 6) is 1.69. The largest absolute Gasteiger partial charge is 0.465 e. The Morgan fingerprint density at radius 2 is 1.96 bits per heavy atom. The molecule has 1 aliphatic heterocycles. The lowest BCUT2D eigenvalue weighted by Gasteiger charge is -2.33. The first kappa shape index (κ1) is 16.2. The fourth-order valence-corrected chi connectivity index (χ4v) is 2.92. The molecule has 1 N–H and O–H groups in total. The van der Waals surface area contributed by atoms with Crippen LogP contribution in [0.2, 0.25) is 0 Å². The Bertz CT molecular complexity index is 623. The third kappa shape index (κ3) is 4.19. The summed E-state index contributed by atoms with van der Waals surface area (Å²) in [4.78, 5) is 2.36. The lowest BCUT2D eigenvalue weighted by molar-refractivity contribution is 0.0115. The van der Waals surface area contributed by atoms with Crippen LogP contribution >= 0.6 is 0 Å². The summed E-state index contributed by atoms with van der Waals surface area (Å²) in [5, 5.41) is 3.37. The van der Waals surface area contributed by atoms with E-state index in [9.17, 15) is 4.39 Å². The van der Waals surface area contributed by atoms with E-state index in [2.05, 4.69) is 10.2 Å². The van der Waals surface area contributed by atoms with Gasteiger partial charge in [-0.05, 0) is 25.1 Å². The molecule has 1 fully saturated rings. The molecule has 1 aromatic heterocycles. The van der Waals surface area contributed by atoms with E-state index in [0.717, 1.165) is 37.8 Å². The molecule has 0 amide bonds. The average Bonchev–Trinajstić information content (AvgIpc) is 3.00. The smallest absolute Gasteiger partial charge is 0.127 e. The Hall–Kier alpha value is -1.69. The molecule has 0 bridgehead atoms. The van der Waals surface area contributed by atoms with E-state index in [1.54, 1.807) is 6.07 Å². The van der Waals surface area contributed by atoms with Crippen molar-refractivity contribution in [1.82, 2.24) is 10.2 Å². The molecule has 0 radical (unpaired) electrons. The highest BCUT2D eigenvalue weighted by Gasteiger charge is 2.24. The van der Waals surface area contributed by atoms with Crippen LogP contribution in [0.4, 0.5) is 4.39 Å². The van der Waals surface area contributed by atoms with Gasteiger partial charge in [0.25, 0.3) is 0 Å². The van der Waals surface area contributed by atoms with E-state index in [1.807, 2.05) is 31.2 Å². The number of nitrogens with one attached hydrogen (secondary N) is 1. The SMILES string of the molecule is Cc1ccc(C(CNCc2ccccc2F)N2CCOCC2)o1. The highest BCUT2D eigenvalue weighted by Crippen LogP contribution is 2.23. The zero-order valence-corrected chi connectivity index (χ0v) is 13.4. The predicted molar refractivity (Wildman–Crippen MR) is 86.7 cm³/mol. The zero-order chi connectivity index (χ0) is 16.1. The molecular formula is C18H23FN2O2. The number of furan rings is 1. The van der Waals surface area contributed by atoms with Gasteiger partial charge in [0, 0.05) is 31.7 Å². The van der Waals surface area contributed by atoms with Crippen LogP contribution < -0.4 is 5.32 Å². The van der Waals surface area contributed by atoms with Gasteiger partial charge in [-0.25, -0.2) is 4.39 Å². The molecule has 4 nitrogen and oxygen atoms in total. The second-order valence-corrected chi connectivity index (χ2v) is 5.83. The minimum Gasteiger partial charge on any atom is -0.465 e. The van der Waals surface area contributed by atoms with Gasteiger partial charge in [-0.15, -0.1) is 0 Å². The number of halogens is 1. The van der Waals surface area contributed by atoms with E-state index in [4.69, 9.17) is 9.15 Å². The highest BCUT2D eigenvalue weighted by atomic mass is 19.1. The summed E-state index contributed by atoms with van der Waals surface area (Å²) in [7, 11) is 0. The molecule has 1 atom stereocenters. The predicted octanol–water partition coefficient (Wildman–Crippen LogP) is 2.89. The molecule has 1 saturated heterocycles. The first-order chi connectivity index (χ1) is 11.2. The summed E-state index contributed by atoms with van der Waals surface area (Å²) >= 11 is 0. The Morgan fingerprint density at radius 1 is 1.17 bits per heavy atom. The van der Waals surface area contributed by atoms with Crippen LogP contribution in [0.1, 0.15) is 23.1 Å². The van der Waals surface area contributed by atoms with Crippen LogP contribution in [0.5, 0.6) is 0 Å². The summed E-state index contributed by atoms with van der Waals surface area (Å²) < 4.78 is 25.0. The third-order valence-electron chi connectivity index (χ3n) is 4.19. The van der Waals surface area contributed by atoms with Gasteiger partial charge in [-0.1, -0.05) is 18.2 Å². The molecule has 0 saturated carbocycles. The van der Waals surface area contributed by atoms with Gasteiger partial charge in [0.1, 0.15) is 17.3 Å². The van der Waals surface area contributed by atoms with Crippen molar-refractivity contribution in [2.75, 3.05) is 32.8 Å². The molecule has 0 aliphatic carbocycles. The van der Waals surface area contributed by atoms with Gasteiger partial charge >= 0.3 is 0 Å². The van der Waals surface area contributed by atoms with Gasteiger partial charge in [-0.3, -0.25) is 4.90 Å². The first-order valence-electron chi connectivity index (χ1n) is 8.06. The second kappa shape index (κ2) is 7.73. The van der Waals surface area contributed by atoms with Crippen molar-refractivity contribution in [2.24, 2.45) is 0 Å². The Labute approximate surface area is 136 Å². The van der Waals surface area contributed by atoms with Crippen molar-refractivity contribution in [3.05, 3.63) is 59.3 Å². The van der Waals surface area contributed by atoms with Crippen LogP contribution in [-0.2, 0) is 11.3 Å². The molecule has 2 aromatic rings. The van der Waals surface area contributed by atoms with Gasteiger partial charge in [0.15, 0.2) is 0 Å². The number of morpholine rings is 1. The Kier molecular flexibility index (Phi) is 5.43. The molecule has 2 heterocycles. The monoisotopic (exact) mass is 318 g/mol. The number of ether oxygens (including phenoxy) is 1. The summed E-state index contributed by atoms with van der Waals surface area (Å²) in [6.45, 7) is 6.41. The molecule has 1 unspecified atom stereocenters. The van der Waals surface area contributed by atoms with E-state index >= 15 is 0 Å². The number of hydrogen-bond acceptors (Lipinski definition) is 4. The van der Waals surface area contributed by atoms with Crippen molar-refractivity contribution in [2.45, 2.75) is 19.5 Å². The van der Waals surface area contributed by atoms with Gasteiger partial charge in [0.05, 0.1) is 19.3 Å². The number of hydrogen-bond donors (Lipinski definition) is 1. The maximum absolute atomic E-state index is 13.7. The van der Waals surface area contributed by atoms with Crippen LogP contribution in [0.15, 0.2) is 40.8 Å². The molecule has 23 heavy (non-hydrogen) atoms. The maximum atomic E-state index is 13.7. The average molecular weight is 318 g/mol. The fourth-order valence-electron chi connectivity index (χ4n) is 2.92. The maximum Gasteiger partial charge on any atom is 0.127 e. The fraction of sp³-hybridized carbons (Fsp3) is 0.444. The summed E-state index contributed by atoms with van der Waals surface area (Å²) in [6, 6.07) is 11.0. The molecule has 5 heteroatoms. The zero-order valence-electron chi connectivity index (χ0n) is 13.4. The minimum atomic E-state index is -0.170. The highest BCUT2D eigenvalue weighted by molar-refractivity contribution is 5.17. The molecule has 124 valence electrons. The molecule has 1 aliphatic rings. The minimum absolute atomic E-state index is 0.138. The van der Waals surface area contributed by atoms with Crippen LogP contribution in [-0.4, -0.2) is 37.7 Å². The standard InChI is InChI=1S/C18H23FN2O2/c1-14-6-7-18(23-14)17(21-8-10-22-11-9-21)13-20-12-15-4-2-3-5-16(15)19/h2-7,17,20H,8-13H2,1H3. The number of nitrogens with zero attached hydrogens (tertiary/aromatic N) is 1. The quantitative estimate of drug-likeness (QED) is 0.889. The van der Waals surface area contributed by atoms with Crippen molar-refractivity contribution >= 4 is 0 Å². The summed E-state index contributed by atoms with van der Waals surface area (Å²) in [5.41, 5.74) is 0.684. The van der Waals surface area contributed by atoms with Crippen LogP contribution in [0.3, 0.4) is 0 Å². The van der Waals surface area contributed by atoms with Gasteiger partial charge in [0.2, 0.25) is 0 Å². The lowest BCUT2D eigenvalue weighted by atomic mass is 10.1. The van der Waals surface area contributed by atoms with E-state index < -0.39 is 0 Å². The van der Waals surface area contributed by atoms with Crippen LogP contribution in [0, 0.1) is 12.7 Å². The van der Waals surface area contributed by atoms with Crippen LogP contribution in [0.25, 0.3) is 0 Å². The van der Waals surface area contributed by atoms with E-state index in [-0.39, 0.29) is 11.9 Å². The lowest BCUT2D eigenvalue weighted by Crippen LogP contribution is -2.42. The molecule has 0 spiro atoms. The third-order valence-corrected chi connectivity index (χ3v) is 4.19. The van der Waals surface area contributed by atoms with Gasteiger partial charge in [-0.2, -0.15) is 0 Å². The second-order valence-electron chi connectivity index (χ2n) is 5.83. The van der Waals surface area contributed by atoms with Crippen molar-refractivity contribution < 1.29 is 13.5 Å². The summed E-state index contributed by atoms with van der Waals surface area (Å²) in [6.07, 6.45) is 0. The number of aryl methyl sites for hydroxylation is 1. The topological polar surface area (TPSA) is 37.6 Å². The van der Waals surface area contributed by atoms with E-state index in [1.165, 1.54) is 6.07 Å². The van der Waals surface area contributed by atoms with Crippen molar-refractivity contribution in [3.63, 3.8) is 0 Å². The normalized spacial score (nSPS) is 17.3. The van der Waals surface area contributed by atoms with Crippen molar-refractivity contribution in [3.8, 4) is 0 Å². The first-order valence-corrected chi connectivity index (χ1v) is 8.06. The molecule has 3 rings (SSSR count). The number of rotatable bonds is 6. The number of benzene rings is 1. The van der Waals surface area contributed by atoms with Gasteiger partial charge < -0.3 is 14.5 Å². The molecule has 1 aromatic carbocycles.